The molecule has 0 spiro atoms. The number of methoxy groups -OCH3 is 2. The van der Waals surface area contributed by atoms with Crippen LogP contribution in [0.1, 0.15) is 30.9 Å². The summed E-state index contributed by atoms with van der Waals surface area (Å²) in [6.07, 6.45) is 2.76. The van der Waals surface area contributed by atoms with Crippen molar-refractivity contribution in [3.8, 4) is 11.5 Å². The van der Waals surface area contributed by atoms with Gasteiger partial charge in [-0.25, -0.2) is 0 Å². The quantitative estimate of drug-likeness (QED) is 0.926. The summed E-state index contributed by atoms with van der Waals surface area (Å²) >= 11 is 0. The number of hydrogen-bond acceptors (Lipinski definition) is 4. The van der Waals surface area contributed by atoms with Gasteiger partial charge in [-0.1, -0.05) is 0 Å². The minimum Gasteiger partial charge on any atom is -0.493 e. The Balaban J connectivity index is 1.75. The molecular formula is C18H26N2O3. The molecule has 1 amide bonds. The molecule has 1 saturated heterocycles. The van der Waals surface area contributed by atoms with Crippen LogP contribution < -0.4 is 14.8 Å². The summed E-state index contributed by atoms with van der Waals surface area (Å²) in [7, 11) is 3.30. The Morgan fingerprint density at radius 2 is 1.91 bits per heavy atom. The lowest BCUT2D eigenvalue weighted by atomic mass is 9.90. The topological polar surface area (TPSA) is 50.8 Å². The predicted octanol–water partition coefficient (Wildman–Crippen LogP) is 1.98. The van der Waals surface area contributed by atoms with Crippen molar-refractivity contribution in [3.63, 3.8) is 0 Å². The van der Waals surface area contributed by atoms with E-state index in [1.807, 2.05) is 17.0 Å². The molecule has 0 aromatic heterocycles. The van der Waals surface area contributed by atoms with Gasteiger partial charge in [-0.05, 0) is 56.0 Å². The number of piperidine rings is 1. The third-order valence-corrected chi connectivity index (χ3v) is 5.00. The number of ether oxygens (including phenoxy) is 2. The van der Waals surface area contributed by atoms with Crippen LogP contribution in [0.4, 0.5) is 0 Å². The van der Waals surface area contributed by atoms with Crippen molar-refractivity contribution in [2.24, 2.45) is 5.92 Å². The second kappa shape index (κ2) is 6.79. The number of carbonyl (C=O) groups is 1. The fourth-order valence-electron chi connectivity index (χ4n) is 3.69. The molecule has 0 bridgehead atoms. The largest absolute Gasteiger partial charge is 0.493 e. The fourth-order valence-corrected chi connectivity index (χ4v) is 3.69. The van der Waals surface area contributed by atoms with Gasteiger partial charge in [0.15, 0.2) is 11.5 Å². The van der Waals surface area contributed by atoms with Crippen molar-refractivity contribution in [3.05, 3.63) is 23.3 Å². The van der Waals surface area contributed by atoms with Gasteiger partial charge in [-0.2, -0.15) is 0 Å². The van der Waals surface area contributed by atoms with E-state index in [0.717, 1.165) is 43.9 Å². The van der Waals surface area contributed by atoms with Gasteiger partial charge in [-0.15, -0.1) is 0 Å². The Morgan fingerprint density at radius 1 is 1.22 bits per heavy atom. The molecule has 23 heavy (non-hydrogen) atoms. The zero-order chi connectivity index (χ0) is 16.4. The van der Waals surface area contributed by atoms with E-state index in [1.54, 1.807) is 14.2 Å². The van der Waals surface area contributed by atoms with Crippen LogP contribution in [-0.4, -0.2) is 44.2 Å². The van der Waals surface area contributed by atoms with Crippen LogP contribution in [0.25, 0.3) is 0 Å². The standard InChI is InChI=1S/C18H26N2O3/c1-12-8-14(4-6-19-12)18(21)20-7-5-13-9-16(22-2)17(23-3)10-15(13)11-20/h9-10,12,14,19H,4-8,11H2,1-3H3/t12-,14-/m0/s1. The van der Waals surface area contributed by atoms with Crippen LogP contribution in [0.15, 0.2) is 12.1 Å². The van der Waals surface area contributed by atoms with Gasteiger partial charge in [0.1, 0.15) is 0 Å². The molecule has 1 N–H and O–H groups in total. The third kappa shape index (κ3) is 3.29. The second-order valence-electron chi connectivity index (χ2n) is 6.56. The van der Waals surface area contributed by atoms with Crippen molar-refractivity contribution in [1.82, 2.24) is 10.2 Å². The summed E-state index contributed by atoms with van der Waals surface area (Å²) < 4.78 is 10.8. The Morgan fingerprint density at radius 3 is 2.57 bits per heavy atom. The van der Waals surface area contributed by atoms with Crippen LogP contribution in [0.5, 0.6) is 11.5 Å². The first kappa shape index (κ1) is 16.1. The number of carbonyl (C=O) groups excluding carboxylic acids is 1. The molecule has 0 unspecified atom stereocenters. The van der Waals surface area contributed by atoms with Gasteiger partial charge in [0, 0.05) is 25.0 Å². The molecule has 2 heterocycles. The number of benzene rings is 1. The van der Waals surface area contributed by atoms with E-state index in [-0.39, 0.29) is 5.92 Å². The molecule has 5 nitrogen and oxygen atoms in total. The van der Waals surface area contributed by atoms with E-state index in [2.05, 4.69) is 12.2 Å². The molecule has 0 aliphatic carbocycles. The third-order valence-electron chi connectivity index (χ3n) is 5.00. The number of hydrogen-bond donors (Lipinski definition) is 1. The highest BCUT2D eigenvalue weighted by molar-refractivity contribution is 5.79. The lowest BCUT2D eigenvalue weighted by molar-refractivity contribution is -0.137. The van der Waals surface area contributed by atoms with E-state index < -0.39 is 0 Å². The second-order valence-corrected chi connectivity index (χ2v) is 6.56. The maximum Gasteiger partial charge on any atom is 0.226 e. The molecule has 2 aliphatic rings. The molecule has 1 aromatic carbocycles. The highest BCUT2D eigenvalue weighted by Gasteiger charge is 2.30. The highest BCUT2D eigenvalue weighted by Crippen LogP contribution is 2.34. The Labute approximate surface area is 137 Å². The number of amides is 1. The van der Waals surface area contributed by atoms with Crippen LogP contribution in [0, 0.1) is 5.92 Å². The fraction of sp³-hybridized carbons (Fsp3) is 0.611. The van der Waals surface area contributed by atoms with Gasteiger partial charge < -0.3 is 19.7 Å². The number of nitrogens with one attached hydrogen (secondary N) is 1. The van der Waals surface area contributed by atoms with Crippen LogP contribution in [0.3, 0.4) is 0 Å². The summed E-state index contributed by atoms with van der Waals surface area (Å²) in [5.74, 6) is 1.96. The average molecular weight is 318 g/mol. The molecule has 126 valence electrons. The average Bonchev–Trinajstić information content (AvgIpc) is 2.59. The first-order valence-corrected chi connectivity index (χ1v) is 8.38. The number of fused-ring (bicyclic) bond motifs is 1. The van der Waals surface area contributed by atoms with Gasteiger partial charge in [0.05, 0.1) is 14.2 Å². The van der Waals surface area contributed by atoms with E-state index in [0.29, 0.717) is 18.5 Å². The minimum absolute atomic E-state index is 0.160. The van der Waals surface area contributed by atoms with Crippen molar-refractivity contribution in [2.45, 2.75) is 38.8 Å². The molecule has 2 aliphatic heterocycles. The predicted molar refractivity (Wildman–Crippen MR) is 88.9 cm³/mol. The normalized spacial score (nSPS) is 24.0. The van der Waals surface area contributed by atoms with Crippen LogP contribution in [0.2, 0.25) is 0 Å². The minimum atomic E-state index is 0.160. The van der Waals surface area contributed by atoms with Crippen LogP contribution >= 0.6 is 0 Å². The highest BCUT2D eigenvalue weighted by atomic mass is 16.5. The first-order chi connectivity index (χ1) is 11.1. The smallest absolute Gasteiger partial charge is 0.226 e. The van der Waals surface area contributed by atoms with E-state index >= 15 is 0 Å². The van der Waals surface area contributed by atoms with Gasteiger partial charge in [0.25, 0.3) is 0 Å². The van der Waals surface area contributed by atoms with E-state index in [1.165, 1.54) is 11.1 Å². The van der Waals surface area contributed by atoms with Crippen molar-refractivity contribution in [1.29, 1.82) is 0 Å². The van der Waals surface area contributed by atoms with E-state index in [9.17, 15) is 4.79 Å². The summed E-state index contributed by atoms with van der Waals surface area (Å²) in [5, 5.41) is 3.41. The molecule has 0 radical (unpaired) electrons. The van der Waals surface area contributed by atoms with E-state index in [4.69, 9.17) is 9.47 Å². The van der Waals surface area contributed by atoms with Crippen molar-refractivity contribution >= 4 is 5.91 Å². The molecule has 1 aromatic rings. The summed E-state index contributed by atoms with van der Waals surface area (Å²) in [6, 6.07) is 4.49. The molecule has 3 rings (SSSR count). The lowest BCUT2D eigenvalue weighted by Gasteiger charge is -2.35. The van der Waals surface area contributed by atoms with Crippen molar-refractivity contribution in [2.75, 3.05) is 27.3 Å². The molecule has 2 atom stereocenters. The lowest BCUT2D eigenvalue weighted by Crippen LogP contribution is -2.45. The van der Waals surface area contributed by atoms with Gasteiger partial charge in [-0.3, -0.25) is 4.79 Å². The van der Waals surface area contributed by atoms with Gasteiger partial charge >= 0.3 is 0 Å². The maximum atomic E-state index is 12.8. The van der Waals surface area contributed by atoms with Gasteiger partial charge in [0.2, 0.25) is 5.91 Å². The summed E-state index contributed by atoms with van der Waals surface area (Å²) in [4.78, 5) is 14.8. The summed E-state index contributed by atoms with van der Waals surface area (Å²) in [5.41, 5.74) is 2.43. The molecule has 1 fully saturated rings. The SMILES string of the molecule is COc1cc2c(cc1OC)CN(C(=O)[C@H]1CCN[C@@H](C)C1)CC2. The number of nitrogens with zero attached hydrogens (tertiary/aromatic N) is 1. The molecule has 5 heteroatoms. The van der Waals surface area contributed by atoms with Crippen molar-refractivity contribution < 1.29 is 14.3 Å². The summed E-state index contributed by atoms with van der Waals surface area (Å²) in [6.45, 7) is 4.56. The maximum absolute atomic E-state index is 12.8. The molecule has 0 saturated carbocycles. The Hall–Kier alpha value is -1.75. The monoisotopic (exact) mass is 318 g/mol. The zero-order valence-electron chi connectivity index (χ0n) is 14.2. The number of rotatable bonds is 3. The Bertz CT molecular complexity index is 588. The molecular weight excluding hydrogens is 292 g/mol. The van der Waals surface area contributed by atoms with Crippen LogP contribution in [-0.2, 0) is 17.8 Å². The first-order valence-electron chi connectivity index (χ1n) is 8.38. The zero-order valence-corrected chi connectivity index (χ0v) is 14.2. The Kier molecular flexibility index (Phi) is 4.76.